The van der Waals surface area contributed by atoms with Crippen molar-refractivity contribution in [2.24, 2.45) is 5.92 Å². The Bertz CT molecular complexity index is 965. The average molecular weight is 406 g/mol. The number of hydrogen-bond donors (Lipinski definition) is 1. The van der Waals surface area contributed by atoms with Gasteiger partial charge in [0, 0.05) is 23.6 Å². The second kappa shape index (κ2) is 9.54. The van der Waals surface area contributed by atoms with Crippen LogP contribution in [0.15, 0.2) is 59.1 Å². The number of ether oxygens (including phenoxy) is 1. The number of methoxy groups -OCH3 is 1. The number of nitrogens with zero attached hydrogens (tertiary/aromatic N) is 3. The van der Waals surface area contributed by atoms with Crippen molar-refractivity contribution in [2.75, 3.05) is 20.2 Å². The number of carbonyl (C=O) groups excluding carboxylic acids is 1. The first-order valence-electron chi connectivity index (χ1n) is 10.2. The van der Waals surface area contributed by atoms with Crippen LogP contribution in [0.4, 0.5) is 0 Å². The highest BCUT2D eigenvalue weighted by Crippen LogP contribution is 2.21. The minimum atomic E-state index is 0.0264. The molecule has 0 saturated carbocycles. The maximum atomic E-state index is 12.6. The normalized spacial score (nSPS) is 15.1. The van der Waals surface area contributed by atoms with E-state index in [2.05, 4.69) is 20.4 Å². The van der Waals surface area contributed by atoms with Gasteiger partial charge in [-0.05, 0) is 32.0 Å². The van der Waals surface area contributed by atoms with E-state index in [1.807, 2.05) is 54.6 Å². The van der Waals surface area contributed by atoms with Gasteiger partial charge in [0.15, 0.2) is 0 Å². The maximum Gasteiger partial charge on any atom is 0.241 e. The van der Waals surface area contributed by atoms with Crippen molar-refractivity contribution >= 4 is 5.91 Å². The van der Waals surface area contributed by atoms with Crippen molar-refractivity contribution < 1.29 is 14.1 Å². The molecule has 156 valence electrons. The van der Waals surface area contributed by atoms with Gasteiger partial charge in [-0.25, -0.2) is 0 Å². The lowest BCUT2D eigenvalue weighted by atomic mass is 9.96. The predicted molar refractivity (Wildman–Crippen MR) is 113 cm³/mol. The van der Waals surface area contributed by atoms with E-state index in [4.69, 9.17) is 9.26 Å². The van der Waals surface area contributed by atoms with E-state index in [9.17, 15) is 4.79 Å². The Morgan fingerprint density at radius 2 is 1.87 bits per heavy atom. The lowest BCUT2D eigenvalue weighted by molar-refractivity contribution is -0.126. The highest BCUT2D eigenvalue weighted by molar-refractivity contribution is 5.78. The molecule has 1 N–H and O–H groups in total. The average Bonchev–Trinajstić information content (AvgIpc) is 3.27. The second-order valence-corrected chi connectivity index (χ2v) is 7.46. The summed E-state index contributed by atoms with van der Waals surface area (Å²) in [7, 11) is 1.64. The molecule has 2 aromatic carbocycles. The van der Waals surface area contributed by atoms with Gasteiger partial charge in [-0.1, -0.05) is 53.7 Å². The van der Waals surface area contributed by atoms with Crippen molar-refractivity contribution in [2.45, 2.75) is 25.9 Å². The molecule has 3 aromatic rings. The molecule has 1 aliphatic rings. The van der Waals surface area contributed by atoms with Gasteiger partial charge in [0.1, 0.15) is 5.75 Å². The van der Waals surface area contributed by atoms with E-state index in [-0.39, 0.29) is 11.8 Å². The Hall–Kier alpha value is -3.19. The van der Waals surface area contributed by atoms with Gasteiger partial charge in [-0.2, -0.15) is 4.98 Å². The van der Waals surface area contributed by atoms with E-state index >= 15 is 0 Å². The largest absolute Gasteiger partial charge is 0.496 e. The molecule has 1 fully saturated rings. The molecule has 0 unspecified atom stereocenters. The fraction of sp³-hybridized carbons (Fsp3) is 0.348. The first kappa shape index (κ1) is 20.1. The van der Waals surface area contributed by atoms with Crippen LogP contribution in [0.3, 0.4) is 0 Å². The minimum absolute atomic E-state index is 0.0264. The van der Waals surface area contributed by atoms with Crippen LogP contribution in [0.5, 0.6) is 5.75 Å². The summed E-state index contributed by atoms with van der Waals surface area (Å²) in [5, 5.41) is 7.13. The van der Waals surface area contributed by atoms with Gasteiger partial charge in [0.05, 0.1) is 13.7 Å². The number of piperidine rings is 1. The molecule has 0 radical (unpaired) electrons. The van der Waals surface area contributed by atoms with Crippen molar-refractivity contribution in [1.82, 2.24) is 20.4 Å². The zero-order valence-electron chi connectivity index (χ0n) is 17.1. The van der Waals surface area contributed by atoms with Crippen LogP contribution in [0, 0.1) is 5.92 Å². The summed E-state index contributed by atoms with van der Waals surface area (Å²) in [6.07, 6.45) is 1.63. The van der Waals surface area contributed by atoms with E-state index < -0.39 is 0 Å². The van der Waals surface area contributed by atoms with Crippen LogP contribution in [-0.4, -0.2) is 41.1 Å². The van der Waals surface area contributed by atoms with E-state index in [0.717, 1.165) is 42.8 Å². The van der Waals surface area contributed by atoms with Crippen molar-refractivity contribution in [3.05, 3.63) is 66.1 Å². The number of nitrogens with one attached hydrogen (secondary N) is 1. The third-order valence-corrected chi connectivity index (χ3v) is 5.46. The molecule has 0 bridgehead atoms. The Kier molecular flexibility index (Phi) is 6.39. The molecule has 1 aromatic heterocycles. The fourth-order valence-electron chi connectivity index (χ4n) is 3.74. The summed E-state index contributed by atoms with van der Waals surface area (Å²) in [5.41, 5.74) is 1.93. The fourth-order valence-corrected chi connectivity index (χ4v) is 3.74. The molecule has 0 spiro atoms. The first-order chi connectivity index (χ1) is 14.7. The topological polar surface area (TPSA) is 80.5 Å². The standard InChI is InChI=1S/C23H26N4O3/c1-29-20-10-6-5-9-19(20)15-24-23(28)18-11-13-27(14-12-18)16-21-25-22(26-30-21)17-7-3-2-4-8-17/h2-10,18H,11-16H2,1H3,(H,24,28). The SMILES string of the molecule is COc1ccccc1CNC(=O)C1CCN(Cc2nc(-c3ccccc3)no2)CC1. The van der Waals surface area contributed by atoms with E-state index in [0.29, 0.717) is 24.8 Å². The summed E-state index contributed by atoms with van der Waals surface area (Å²) < 4.78 is 10.8. The summed E-state index contributed by atoms with van der Waals surface area (Å²) in [5.74, 6) is 2.13. The summed E-state index contributed by atoms with van der Waals surface area (Å²) >= 11 is 0. The number of aromatic nitrogens is 2. The molecule has 1 amide bonds. The lowest BCUT2D eigenvalue weighted by Gasteiger charge is -2.30. The number of hydrogen-bond acceptors (Lipinski definition) is 6. The van der Waals surface area contributed by atoms with Crippen LogP contribution < -0.4 is 10.1 Å². The second-order valence-electron chi connectivity index (χ2n) is 7.46. The zero-order chi connectivity index (χ0) is 20.8. The number of amides is 1. The molecule has 2 heterocycles. The molecular formula is C23H26N4O3. The molecule has 7 nitrogen and oxygen atoms in total. The van der Waals surface area contributed by atoms with E-state index in [1.165, 1.54) is 0 Å². The van der Waals surface area contributed by atoms with Crippen LogP contribution in [0.1, 0.15) is 24.3 Å². The first-order valence-corrected chi connectivity index (χ1v) is 10.2. The number of rotatable bonds is 7. The van der Waals surface area contributed by atoms with Gasteiger partial charge in [-0.15, -0.1) is 0 Å². The number of benzene rings is 2. The number of carbonyl (C=O) groups is 1. The van der Waals surface area contributed by atoms with Crippen LogP contribution in [-0.2, 0) is 17.9 Å². The van der Waals surface area contributed by atoms with Gasteiger partial charge in [0.2, 0.25) is 17.6 Å². The third-order valence-electron chi connectivity index (χ3n) is 5.46. The number of para-hydroxylation sites is 1. The number of likely N-dealkylation sites (tertiary alicyclic amines) is 1. The zero-order valence-corrected chi connectivity index (χ0v) is 17.1. The van der Waals surface area contributed by atoms with Gasteiger partial charge in [0.25, 0.3) is 0 Å². The van der Waals surface area contributed by atoms with Gasteiger partial charge < -0.3 is 14.6 Å². The van der Waals surface area contributed by atoms with Crippen molar-refractivity contribution in [3.8, 4) is 17.1 Å². The monoisotopic (exact) mass is 406 g/mol. The lowest BCUT2D eigenvalue weighted by Crippen LogP contribution is -2.40. The highest BCUT2D eigenvalue weighted by Gasteiger charge is 2.26. The predicted octanol–water partition coefficient (Wildman–Crippen LogP) is 3.27. The van der Waals surface area contributed by atoms with Crippen LogP contribution >= 0.6 is 0 Å². The third kappa shape index (κ3) is 4.86. The molecule has 30 heavy (non-hydrogen) atoms. The summed E-state index contributed by atoms with van der Waals surface area (Å²) in [6.45, 7) is 2.74. The summed E-state index contributed by atoms with van der Waals surface area (Å²) in [4.78, 5) is 19.3. The Morgan fingerprint density at radius 3 is 2.63 bits per heavy atom. The van der Waals surface area contributed by atoms with Crippen LogP contribution in [0.25, 0.3) is 11.4 Å². The molecule has 1 aliphatic heterocycles. The quantitative estimate of drug-likeness (QED) is 0.649. The molecule has 0 aliphatic carbocycles. The maximum absolute atomic E-state index is 12.6. The Labute approximate surface area is 176 Å². The molecule has 0 atom stereocenters. The van der Waals surface area contributed by atoms with E-state index in [1.54, 1.807) is 7.11 Å². The molecule has 7 heteroatoms. The highest BCUT2D eigenvalue weighted by atomic mass is 16.5. The van der Waals surface area contributed by atoms with Crippen LogP contribution in [0.2, 0.25) is 0 Å². The summed E-state index contributed by atoms with van der Waals surface area (Å²) in [6, 6.07) is 17.5. The molecule has 1 saturated heterocycles. The minimum Gasteiger partial charge on any atom is -0.496 e. The van der Waals surface area contributed by atoms with Gasteiger partial charge in [-0.3, -0.25) is 9.69 Å². The van der Waals surface area contributed by atoms with Crippen molar-refractivity contribution in [1.29, 1.82) is 0 Å². The Morgan fingerprint density at radius 1 is 1.13 bits per heavy atom. The Balaban J connectivity index is 1.25. The molecular weight excluding hydrogens is 380 g/mol. The van der Waals surface area contributed by atoms with Crippen molar-refractivity contribution in [3.63, 3.8) is 0 Å². The molecule has 4 rings (SSSR count). The van der Waals surface area contributed by atoms with Gasteiger partial charge >= 0.3 is 0 Å². The smallest absolute Gasteiger partial charge is 0.241 e.